The van der Waals surface area contributed by atoms with Crippen LogP contribution in [0.15, 0.2) is 42.5 Å². The zero-order valence-electron chi connectivity index (χ0n) is 13.2. The number of imide groups is 1. The number of nitrogens with zero attached hydrogens (tertiary/aromatic N) is 1. The van der Waals surface area contributed by atoms with Gasteiger partial charge in [0.1, 0.15) is 5.75 Å². The Morgan fingerprint density at radius 2 is 1.58 bits per heavy atom. The molecule has 0 fully saturated rings. The van der Waals surface area contributed by atoms with Gasteiger partial charge in [-0.15, -0.1) is 0 Å². The van der Waals surface area contributed by atoms with Gasteiger partial charge in [-0.1, -0.05) is 18.2 Å². The smallest absolute Gasteiger partial charge is 0.262 e. The Hall–Kier alpha value is -3.68. The third-order valence-electron chi connectivity index (χ3n) is 4.10. The summed E-state index contributed by atoms with van der Waals surface area (Å²) >= 11 is 0. The van der Waals surface area contributed by atoms with E-state index in [0.29, 0.717) is 10.5 Å². The van der Waals surface area contributed by atoms with Crippen molar-refractivity contribution in [2.24, 2.45) is 0 Å². The molecule has 1 aliphatic rings. The summed E-state index contributed by atoms with van der Waals surface area (Å²) in [6, 6.07) is 7.25. The number of aromatic hydroxyl groups is 1. The van der Waals surface area contributed by atoms with Crippen LogP contribution in [-0.4, -0.2) is 39.8 Å². The van der Waals surface area contributed by atoms with Gasteiger partial charge >= 0.3 is 0 Å². The lowest BCUT2D eigenvalue weighted by atomic mass is 10.0. The SMILES string of the molecule is O=C([O-])c1ccc2c(c1)C(=O)N([C@@H](Cc1ccc(O)cc1)C(=O)[O-])C2=O. The zero-order valence-corrected chi connectivity index (χ0v) is 13.2. The molecule has 1 aliphatic heterocycles. The Morgan fingerprint density at radius 3 is 2.15 bits per heavy atom. The molecule has 132 valence electrons. The lowest BCUT2D eigenvalue weighted by molar-refractivity contribution is -0.310. The van der Waals surface area contributed by atoms with Crippen molar-refractivity contribution in [3.8, 4) is 5.75 Å². The number of aromatic carboxylic acids is 1. The number of hydrogen-bond donors (Lipinski definition) is 1. The highest BCUT2D eigenvalue weighted by atomic mass is 16.4. The molecule has 3 rings (SSSR count). The van der Waals surface area contributed by atoms with Crippen molar-refractivity contribution < 1.29 is 34.5 Å². The Labute approximate surface area is 146 Å². The number of rotatable bonds is 5. The first-order valence-corrected chi connectivity index (χ1v) is 7.51. The maximum atomic E-state index is 12.5. The van der Waals surface area contributed by atoms with Gasteiger partial charge in [0.25, 0.3) is 11.8 Å². The molecule has 0 spiro atoms. The van der Waals surface area contributed by atoms with E-state index in [2.05, 4.69) is 0 Å². The second-order valence-electron chi connectivity index (χ2n) is 5.73. The number of aliphatic carboxylic acids is 1. The molecule has 1 heterocycles. The highest BCUT2D eigenvalue weighted by molar-refractivity contribution is 6.23. The molecule has 1 atom stereocenters. The molecule has 0 bridgehead atoms. The van der Waals surface area contributed by atoms with Crippen LogP contribution in [-0.2, 0) is 11.2 Å². The van der Waals surface area contributed by atoms with E-state index in [-0.39, 0.29) is 28.9 Å². The number of amides is 2. The maximum absolute atomic E-state index is 12.5. The van der Waals surface area contributed by atoms with E-state index in [1.54, 1.807) is 0 Å². The average Bonchev–Trinajstić information content (AvgIpc) is 2.85. The topological polar surface area (TPSA) is 138 Å². The monoisotopic (exact) mass is 353 g/mol. The van der Waals surface area contributed by atoms with E-state index >= 15 is 0 Å². The summed E-state index contributed by atoms with van der Waals surface area (Å²) in [5.41, 5.74) is -0.120. The standard InChI is InChI=1S/C18H13NO7/c20-11-4-1-9(2-5-11)7-14(18(25)26)19-15(21)12-6-3-10(17(23)24)8-13(12)16(19)22/h1-6,8,14,20H,7H2,(H,23,24)(H,25,26)/p-2/t14-/m0/s1. The van der Waals surface area contributed by atoms with Crippen LogP contribution in [0.1, 0.15) is 36.6 Å². The molecule has 8 nitrogen and oxygen atoms in total. The summed E-state index contributed by atoms with van der Waals surface area (Å²) in [5.74, 6) is -4.93. The molecule has 0 saturated carbocycles. The van der Waals surface area contributed by atoms with Gasteiger partial charge in [-0.25, -0.2) is 0 Å². The fraction of sp³-hybridized carbons (Fsp3) is 0.111. The van der Waals surface area contributed by atoms with Gasteiger partial charge in [-0.2, -0.15) is 0 Å². The predicted octanol–water partition coefficient (Wildman–Crippen LogP) is -1.29. The van der Waals surface area contributed by atoms with Gasteiger partial charge in [0.2, 0.25) is 0 Å². The van der Waals surface area contributed by atoms with Gasteiger partial charge in [-0.05, 0) is 41.8 Å². The second kappa shape index (κ2) is 6.32. The van der Waals surface area contributed by atoms with Crippen LogP contribution < -0.4 is 10.2 Å². The first kappa shape index (κ1) is 17.2. The number of carbonyl (C=O) groups is 4. The lowest BCUT2D eigenvalue weighted by Gasteiger charge is -2.27. The van der Waals surface area contributed by atoms with Gasteiger partial charge in [0.15, 0.2) is 0 Å². The molecule has 2 amide bonds. The van der Waals surface area contributed by atoms with Crippen molar-refractivity contribution in [3.63, 3.8) is 0 Å². The number of phenols is 1. The second-order valence-corrected chi connectivity index (χ2v) is 5.73. The number of carbonyl (C=O) groups excluding carboxylic acids is 4. The highest BCUT2D eigenvalue weighted by Crippen LogP contribution is 2.27. The molecule has 0 saturated heterocycles. The fourth-order valence-corrected chi connectivity index (χ4v) is 2.80. The quantitative estimate of drug-likeness (QED) is 0.660. The van der Waals surface area contributed by atoms with Crippen LogP contribution in [0.2, 0.25) is 0 Å². The molecule has 26 heavy (non-hydrogen) atoms. The van der Waals surface area contributed by atoms with Crippen LogP contribution in [0, 0.1) is 0 Å². The van der Waals surface area contributed by atoms with E-state index in [0.717, 1.165) is 18.2 Å². The number of phenolic OH excluding ortho intramolecular Hbond substituents is 1. The van der Waals surface area contributed by atoms with E-state index in [1.807, 2.05) is 0 Å². The van der Waals surface area contributed by atoms with E-state index in [1.165, 1.54) is 24.3 Å². The molecule has 2 aromatic rings. The number of hydrogen-bond acceptors (Lipinski definition) is 7. The summed E-state index contributed by atoms with van der Waals surface area (Å²) in [4.78, 5) is 48.1. The minimum atomic E-state index is -1.63. The predicted molar refractivity (Wildman–Crippen MR) is 81.9 cm³/mol. The van der Waals surface area contributed by atoms with Gasteiger partial charge in [-0.3, -0.25) is 14.5 Å². The Kier molecular flexibility index (Phi) is 4.17. The normalized spacial score (nSPS) is 14.2. The largest absolute Gasteiger partial charge is 0.548 e. The maximum Gasteiger partial charge on any atom is 0.262 e. The molecule has 0 aliphatic carbocycles. The Bertz CT molecular complexity index is 933. The summed E-state index contributed by atoms with van der Waals surface area (Å²) in [6.07, 6.45) is -0.221. The van der Waals surface area contributed by atoms with Crippen molar-refractivity contribution in [1.82, 2.24) is 4.90 Å². The third-order valence-corrected chi connectivity index (χ3v) is 4.10. The minimum Gasteiger partial charge on any atom is -0.548 e. The fourth-order valence-electron chi connectivity index (χ4n) is 2.80. The van der Waals surface area contributed by atoms with E-state index < -0.39 is 29.8 Å². The van der Waals surface area contributed by atoms with E-state index in [9.17, 15) is 34.5 Å². The van der Waals surface area contributed by atoms with Crippen LogP contribution in [0.25, 0.3) is 0 Å². The summed E-state index contributed by atoms with van der Waals surface area (Å²) in [6.45, 7) is 0. The van der Waals surface area contributed by atoms with Gasteiger partial charge < -0.3 is 24.9 Å². The van der Waals surface area contributed by atoms with Crippen molar-refractivity contribution >= 4 is 23.8 Å². The minimum absolute atomic E-state index is 0.0192. The summed E-state index contributed by atoms with van der Waals surface area (Å²) in [7, 11) is 0. The van der Waals surface area contributed by atoms with Crippen molar-refractivity contribution in [3.05, 3.63) is 64.7 Å². The summed E-state index contributed by atoms with van der Waals surface area (Å²) in [5, 5.41) is 31.8. The van der Waals surface area contributed by atoms with E-state index in [4.69, 9.17) is 0 Å². The first-order chi connectivity index (χ1) is 12.3. The molecule has 0 aromatic heterocycles. The molecule has 2 aromatic carbocycles. The third kappa shape index (κ3) is 2.88. The molecule has 8 heteroatoms. The van der Waals surface area contributed by atoms with Crippen LogP contribution in [0.3, 0.4) is 0 Å². The van der Waals surface area contributed by atoms with Gasteiger partial charge in [0, 0.05) is 0 Å². The number of carboxylic acids is 2. The van der Waals surface area contributed by atoms with Crippen LogP contribution in [0.4, 0.5) is 0 Å². The lowest BCUT2D eigenvalue weighted by Crippen LogP contribution is -2.51. The van der Waals surface area contributed by atoms with Crippen molar-refractivity contribution in [1.29, 1.82) is 0 Å². The Morgan fingerprint density at radius 1 is 0.962 bits per heavy atom. The van der Waals surface area contributed by atoms with Crippen LogP contribution >= 0.6 is 0 Å². The first-order valence-electron chi connectivity index (χ1n) is 7.51. The van der Waals surface area contributed by atoms with Gasteiger partial charge in [0.05, 0.1) is 29.1 Å². The number of carboxylic acid groups (broad SMARTS) is 2. The molecule has 1 N–H and O–H groups in total. The molecule has 0 unspecified atom stereocenters. The Balaban J connectivity index is 1.96. The molecular formula is C18H11NO7-2. The highest BCUT2D eigenvalue weighted by Gasteiger charge is 2.40. The van der Waals surface area contributed by atoms with Crippen molar-refractivity contribution in [2.75, 3.05) is 0 Å². The van der Waals surface area contributed by atoms with Crippen LogP contribution in [0.5, 0.6) is 5.75 Å². The average molecular weight is 353 g/mol. The molecular weight excluding hydrogens is 342 g/mol. The number of fused-ring (bicyclic) bond motifs is 1. The number of benzene rings is 2. The molecule has 0 radical (unpaired) electrons. The summed E-state index contributed by atoms with van der Waals surface area (Å²) < 4.78 is 0. The van der Waals surface area contributed by atoms with Crippen molar-refractivity contribution in [2.45, 2.75) is 12.5 Å². The zero-order chi connectivity index (χ0) is 19.0.